The van der Waals surface area contributed by atoms with Crippen LogP contribution in [-0.4, -0.2) is 48.9 Å². The minimum absolute atomic E-state index is 0.0658. The van der Waals surface area contributed by atoms with Gasteiger partial charge < -0.3 is 29.4 Å². The molecule has 0 heterocycles. The van der Waals surface area contributed by atoms with Gasteiger partial charge in [0, 0.05) is 12.8 Å². The molecular weight excluding hydrogens is 506 g/mol. The van der Waals surface area contributed by atoms with Gasteiger partial charge in [0.2, 0.25) is 0 Å². The van der Waals surface area contributed by atoms with Gasteiger partial charge in [0.25, 0.3) is 0 Å². The molecule has 2 N–H and O–H groups in total. The van der Waals surface area contributed by atoms with Crippen molar-refractivity contribution in [2.75, 3.05) is 6.61 Å². The van der Waals surface area contributed by atoms with Gasteiger partial charge in [-0.25, -0.2) is 4.79 Å². The van der Waals surface area contributed by atoms with E-state index in [2.05, 4.69) is 0 Å². The lowest BCUT2D eigenvalue weighted by Crippen LogP contribution is -2.39. The van der Waals surface area contributed by atoms with Crippen LogP contribution in [-0.2, 0) is 35.0 Å². The Morgan fingerprint density at radius 3 is 1.87 bits per heavy atom. The molecule has 0 aromatic heterocycles. The summed E-state index contributed by atoms with van der Waals surface area (Å²) in [4.78, 5) is 49.1. The van der Waals surface area contributed by atoms with Gasteiger partial charge in [-0.3, -0.25) is 14.4 Å². The lowest BCUT2D eigenvalue weighted by Gasteiger charge is -2.22. The monoisotopic (exact) mass is 551 g/mol. The zero-order valence-electron chi connectivity index (χ0n) is 24.3. The van der Waals surface area contributed by atoms with Crippen LogP contribution in [0.25, 0.3) is 0 Å². The third-order valence-corrected chi connectivity index (χ3v) is 6.31. The van der Waals surface area contributed by atoms with E-state index >= 15 is 0 Å². The van der Waals surface area contributed by atoms with E-state index in [1.165, 1.54) is 12.1 Å². The van der Waals surface area contributed by atoms with Crippen molar-refractivity contribution in [3.8, 4) is 11.5 Å². The Morgan fingerprint density at radius 1 is 0.795 bits per heavy atom. The van der Waals surface area contributed by atoms with Crippen molar-refractivity contribution in [3.63, 3.8) is 0 Å². The van der Waals surface area contributed by atoms with E-state index in [-0.39, 0.29) is 49.2 Å². The molecule has 0 radical (unpaired) electrons. The van der Waals surface area contributed by atoms with Crippen molar-refractivity contribution >= 4 is 24.1 Å². The number of ether oxygens (including phenoxy) is 5. The number of carbonyl (C=O) groups is 4. The minimum Gasteiger partial charge on any atom is -0.458 e. The highest BCUT2D eigenvalue weighted by molar-refractivity contribution is 5.77. The summed E-state index contributed by atoms with van der Waals surface area (Å²) in [5, 5.41) is 0. The summed E-state index contributed by atoms with van der Waals surface area (Å²) in [6.45, 7) is 13.1. The summed E-state index contributed by atoms with van der Waals surface area (Å²) in [7, 11) is 0. The minimum atomic E-state index is -1.05. The quantitative estimate of drug-likeness (QED) is 0.217. The van der Waals surface area contributed by atoms with Crippen molar-refractivity contribution in [2.24, 2.45) is 17.6 Å². The lowest BCUT2D eigenvalue weighted by molar-refractivity contribution is -0.155. The van der Waals surface area contributed by atoms with E-state index in [1.807, 2.05) is 34.6 Å². The molecule has 1 aromatic carbocycles. The number of carbonyl (C=O) groups excluding carboxylic acids is 4. The fraction of sp³-hybridized carbons (Fsp3) is 0.655. The third kappa shape index (κ3) is 13.0. The van der Waals surface area contributed by atoms with Crippen LogP contribution < -0.4 is 15.2 Å². The van der Waals surface area contributed by atoms with E-state index in [0.717, 1.165) is 12.8 Å². The molecule has 0 fully saturated rings. The van der Waals surface area contributed by atoms with Gasteiger partial charge in [-0.05, 0) is 56.2 Å². The molecule has 39 heavy (non-hydrogen) atoms. The lowest BCUT2D eigenvalue weighted by atomic mass is 10.0. The van der Waals surface area contributed by atoms with Gasteiger partial charge >= 0.3 is 24.1 Å². The summed E-state index contributed by atoms with van der Waals surface area (Å²) in [6.07, 6.45) is 0.448. The number of benzene rings is 1. The van der Waals surface area contributed by atoms with Crippen molar-refractivity contribution in [1.82, 2.24) is 0 Å². The Bertz CT molecular complexity index is 949. The molecule has 0 bridgehead atoms. The fourth-order valence-corrected chi connectivity index (χ4v) is 3.20. The normalized spacial score (nSPS) is 14.8. The van der Waals surface area contributed by atoms with Gasteiger partial charge in [0.15, 0.2) is 11.5 Å². The molecule has 10 nitrogen and oxygen atoms in total. The Hall–Kier alpha value is -3.14. The summed E-state index contributed by atoms with van der Waals surface area (Å²) in [6, 6.07) is 3.65. The zero-order valence-corrected chi connectivity index (χ0v) is 24.3. The number of hydrogen-bond donors (Lipinski definition) is 1. The first kappa shape index (κ1) is 33.9. The standard InChI is InChI=1S/C29H45NO9/c1-8-13-35-29(34)37-21(7)20(6)36-28(33)23(30)16-22-11-12-24(38-26(31)14-18(4)9-2)25(17-22)39-27(32)15-19(5)10-3/h11-12,17-21,23H,8-10,13-16,30H2,1-7H3/t18?,19?,20-,21-,23-/m0/s1. The van der Waals surface area contributed by atoms with Crippen LogP contribution in [0.15, 0.2) is 18.2 Å². The number of esters is 3. The van der Waals surface area contributed by atoms with Crippen LogP contribution in [0.5, 0.6) is 11.5 Å². The molecule has 0 saturated heterocycles. The fourth-order valence-electron chi connectivity index (χ4n) is 3.20. The maximum atomic E-state index is 12.6. The van der Waals surface area contributed by atoms with Gasteiger partial charge in [-0.1, -0.05) is 53.5 Å². The molecule has 0 spiro atoms. The largest absolute Gasteiger partial charge is 0.508 e. The average molecular weight is 552 g/mol. The molecule has 10 heteroatoms. The first-order valence-electron chi connectivity index (χ1n) is 13.7. The van der Waals surface area contributed by atoms with E-state index in [4.69, 9.17) is 29.4 Å². The first-order valence-corrected chi connectivity index (χ1v) is 13.7. The molecule has 220 valence electrons. The van der Waals surface area contributed by atoms with Gasteiger partial charge in [-0.15, -0.1) is 0 Å². The summed E-state index contributed by atoms with van der Waals surface area (Å²) in [5.41, 5.74) is 6.67. The Morgan fingerprint density at radius 2 is 1.33 bits per heavy atom. The van der Waals surface area contributed by atoms with Crippen molar-refractivity contribution < 1.29 is 42.9 Å². The van der Waals surface area contributed by atoms with Crippen LogP contribution in [0.2, 0.25) is 0 Å². The Balaban J connectivity index is 2.93. The highest BCUT2D eigenvalue weighted by Gasteiger charge is 2.25. The van der Waals surface area contributed by atoms with Crippen molar-refractivity contribution in [2.45, 2.75) is 105 Å². The molecule has 0 aliphatic carbocycles. The van der Waals surface area contributed by atoms with E-state index in [9.17, 15) is 19.2 Å². The van der Waals surface area contributed by atoms with Gasteiger partial charge in [0.1, 0.15) is 18.2 Å². The van der Waals surface area contributed by atoms with Gasteiger partial charge in [0.05, 0.1) is 6.61 Å². The maximum absolute atomic E-state index is 12.6. The third-order valence-electron chi connectivity index (χ3n) is 6.31. The van der Waals surface area contributed by atoms with Crippen LogP contribution in [0.3, 0.4) is 0 Å². The molecule has 5 atom stereocenters. The summed E-state index contributed by atoms with van der Waals surface area (Å²) in [5.74, 6) is -1.10. The van der Waals surface area contributed by atoms with Crippen molar-refractivity contribution in [1.29, 1.82) is 0 Å². The SMILES string of the molecule is CCCOC(=O)O[C@@H](C)[C@H](C)OC(=O)[C@@H](N)Cc1ccc(OC(=O)CC(C)CC)c(OC(=O)CC(C)CC)c1. The molecule has 1 aromatic rings. The second kappa shape index (κ2) is 17.4. The van der Waals surface area contributed by atoms with Crippen LogP contribution in [0, 0.1) is 11.8 Å². The number of rotatable bonds is 16. The molecule has 0 saturated carbocycles. The molecular formula is C29H45NO9. The topological polar surface area (TPSA) is 140 Å². The van der Waals surface area contributed by atoms with Crippen molar-refractivity contribution in [3.05, 3.63) is 23.8 Å². The van der Waals surface area contributed by atoms with Crippen LogP contribution in [0.4, 0.5) is 4.79 Å². The predicted octanol–water partition coefficient (Wildman–Crippen LogP) is 5.12. The van der Waals surface area contributed by atoms with Crippen LogP contribution >= 0.6 is 0 Å². The Labute approximate surface area is 231 Å². The van der Waals surface area contributed by atoms with Gasteiger partial charge in [-0.2, -0.15) is 0 Å². The molecule has 1 rings (SSSR count). The second-order valence-electron chi connectivity index (χ2n) is 10.0. The first-order chi connectivity index (χ1) is 18.4. The molecule has 2 unspecified atom stereocenters. The second-order valence-corrected chi connectivity index (χ2v) is 10.0. The highest BCUT2D eigenvalue weighted by atomic mass is 16.7. The van der Waals surface area contributed by atoms with E-state index < -0.39 is 42.3 Å². The predicted molar refractivity (Wildman–Crippen MR) is 145 cm³/mol. The van der Waals surface area contributed by atoms with E-state index in [1.54, 1.807) is 19.9 Å². The molecule has 0 amide bonds. The highest BCUT2D eigenvalue weighted by Crippen LogP contribution is 2.30. The maximum Gasteiger partial charge on any atom is 0.508 e. The number of hydrogen-bond acceptors (Lipinski definition) is 10. The zero-order chi connectivity index (χ0) is 29.5. The molecule has 0 aliphatic rings. The summed E-state index contributed by atoms with van der Waals surface area (Å²) >= 11 is 0. The van der Waals surface area contributed by atoms with Crippen LogP contribution in [0.1, 0.15) is 86.1 Å². The Kier molecular flexibility index (Phi) is 15.2. The smallest absolute Gasteiger partial charge is 0.458 e. The van der Waals surface area contributed by atoms with E-state index in [0.29, 0.717) is 12.0 Å². The number of nitrogens with two attached hydrogens (primary N) is 1. The average Bonchev–Trinajstić information content (AvgIpc) is 2.88. The summed E-state index contributed by atoms with van der Waals surface area (Å²) < 4.78 is 26.4. The molecule has 0 aliphatic heterocycles.